The zero-order chi connectivity index (χ0) is 13.0. The van der Waals surface area contributed by atoms with Gasteiger partial charge in [0.2, 0.25) is 0 Å². The van der Waals surface area contributed by atoms with Crippen molar-refractivity contribution in [3.8, 4) is 11.5 Å². The average Bonchev–Trinajstić information content (AvgIpc) is 2.46. The second-order valence-electron chi connectivity index (χ2n) is 4.58. The molecule has 0 saturated carbocycles. The molecule has 100 valence electrons. The van der Waals surface area contributed by atoms with Crippen LogP contribution in [0.2, 0.25) is 0 Å². The largest absolute Gasteiger partial charge is 0.497 e. The second kappa shape index (κ2) is 6.07. The first-order chi connectivity index (χ1) is 8.76. The maximum Gasteiger partial charge on any atom is 0.123 e. The summed E-state index contributed by atoms with van der Waals surface area (Å²) in [6, 6.07) is 5.74. The highest BCUT2D eigenvalue weighted by Gasteiger charge is 2.24. The van der Waals surface area contributed by atoms with Crippen LogP contribution in [-0.2, 0) is 4.74 Å². The molecule has 0 spiro atoms. The summed E-state index contributed by atoms with van der Waals surface area (Å²) in [7, 11) is 3.33. The van der Waals surface area contributed by atoms with E-state index in [1.807, 2.05) is 18.2 Å². The van der Waals surface area contributed by atoms with Crippen LogP contribution in [0.1, 0.15) is 24.4 Å². The van der Waals surface area contributed by atoms with E-state index in [1.165, 1.54) is 0 Å². The van der Waals surface area contributed by atoms with Crippen molar-refractivity contribution < 1.29 is 14.2 Å². The zero-order valence-corrected chi connectivity index (χ0v) is 11.0. The lowest BCUT2D eigenvalue weighted by atomic mass is 9.87. The van der Waals surface area contributed by atoms with Crippen LogP contribution in [0.4, 0.5) is 0 Å². The van der Waals surface area contributed by atoms with Crippen LogP contribution >= 0.6 is 0 Å². The number of ether oxygens (including phenoxy) is 3. The van der Waals surface area contributed by atoms with Gasteiger partial charge in [0.05, 0.1) is 14.2 Å². The molecule has 2 rings (SSSR count). The Bertz CT molecular complexity index is 389. The minimum atomic E-state index is -0.0288. The molecular weight excluding hydrogens is 230 g/mol. The Morgan fingerprint density at radius 2 is 1.94 bits per heavy atom. The number of nitrogens with two attached hydrogens (primary N) is 1. The second-order valence-corrected chi connectivity index (χ2v) is 4.58. The lowest BCUT2D eigenvalue weighted by Crippen LogP contribution is -2.27. The molecule has 1 aromatic carbocycles. The molecule has 0 aromatic heterocycles. The molecule has 18 heavy (non-hydrogen) atoms. The van der Waals surface area contributed by atoms with Gasteiger partial charge in [0.1, 0.15) is 11.5 Å². The van der Waals surface area contributed by atoms with E-state index in [0.29, 0.717) is 5.92 Å². The number of rotatable bonds is 4. The van der Waals surface area contributed by atoms with Crippen molar-refractivity contribution in [2.45, 2.75) is 18.9 Å². The van der Waals surface area contributed by atoms with Crippen molar-refractivity contribution in [1.29, 1.82) is 0 Å². The van der Waals surface area contributed by atoms with Crippen LogP contribution in [0.3, 0.4) is 0 Å². The summed E-state index contributed by atoms with van der Waals surface area (Å²) in [5.74, 6) is 2.09. The quantitative estimate of drug-likeness (QED) is 0.890. The highest BCUT2D eigenvalue weighted by Crippen LogP contribution is 2.35. The Kier molecular flexibility index (Phi) is 4.44. The molecule has 1 fully saturated rings. The van der Waals surface area contributed by atoms with Gasteiger partial charge >= 0.3 is 0 Å². The monoisotopic (exact) mass is 251 g/mol. The number of hydrogen-bond acceptors (Lipinski definition) is 4. The first-order valence-electron chi connectivity index (χ1n) is 6.31. The molecule has 1 aliphatic rings. The van der Waals surface area contributed by atoms with Crippen LogP contribution in [-0.4, -0.2) is 27.4 Å². The smallest absolute Gasteiger partial charge is 0.123 e. The Hall–Kier alpha value is -1.26. The molecular formula is C14H21NO3. The van der Waals surface area contributed by atoms with E-state index in [9.17, 15) is 0 Å². The van der Waals surface area contributed by atoms with Gasteiger partial charge in [-0.2, -0.15) is 0 Å². The van der Waals surface area contributed by atoms with Crippen LogP contribution in [0, 0.1) is 5.92 Å². The summed E-state index contributed by atoms with van der Waals surface area (Å²) in [5, 5.41) is 0. The predicted molar refractivity (Wildman–Crippen MR) is 70.0 cm³/mol. The first-order valence-corrected chi connectivity index (χ1v) is 6.31. The maximum absolute atomic E-state index is 6.38. The molecule has 2 N–H and O–H groups in total. The molecule has 0 bridgehead atoms. The molecule has 0 amide bonds. The van der Waals surface area contributed by atoms with E-state index in [-0.39, 0.29) is 6.04 Å². The number of methoxy groups -OCH3 is 2. The third-order valence-electron chi connectivity index (χ3n) is 3.57. The minimum absolute atomic E-state index is 0.0288. The van der Waals surface area contributed by atoms with Gasteiger partial charge in [-0.15, -0.1) is 0 Å². The lowest BCUT2D eigenvalue weighted by Gasteiger charge is -2.28. The van der Waals surface area contributed by atoms with Gasteiger partial charge in [-0.3, -0.25) is 0 Å². The summed E-state index contributed by atoms with van der Waals surface area (Å²) < 4.78 is 16.0. The molecule has 4 nitrogen and oxygen atoms in total. The topological polar surface area (TPSA) is 53.7 Å². The van der Waals surface area contributed by atoms with Crippen molar-refractivity contribution in [2.24, 2.45) is 11.7 Å². The Morgan fingerprint density at radius 3 is 2.56 bits per heavy atom. The number of hydrogen-bond donors (Lipinski definition) is 1. The van der Waals surface area contributed by atoms with E-state index >= 15 is 0 Å². The first kappa shape index (κ1) is 13.2. The lowest BCUT2D eigenvalue weighted by molar-refractivity contribution is 0.0581. The van der Waals surface area contributed by atoms with Crippen molar-refractivity contribution in [3.63, 3.8) is 0 Å². The highest BCUT2D eigenvalue weighted by atomic mass is 16.5. The van der Waals surface area contributed by atoms with Crippen molar-refractivity contribution in [1.82, 2.24) is 0 Å². The van der Waals surface area contributed by atoms with Gasteiger partial charge in [0.15, 0.2) is 0 Å². The minimum Gasteiger partial charge on any atom is -0.497 e. The van der Waals surface area contributed by atoms with E-state index in [1.54, 1.807) is 14.2 Å². The molecule has 0 radical (unpaired) electrons. The highest BCUT2D eigenvalue weighted by molar-refractivity contribution is 5.42. The third-order valence-corrected chi connectivity index (χ3v) is 3.57. The summed E-state index contributed by atoms with van der Waals surface area (Å²) in [5.41, 5.74) is 7.40. The molecule has 4 heteroatoms. The standard InChI is InChI=1S/C14H21NO3/c1-16-11-3-4-13(17-2)12(9-11)14(15)10-5-7-18-8-6-10/h3-4,9-10,14H,5-8,15H2,1-2H3. The average molecular weight is 251 g/mol. The summed E-state index contributed by atoms with van der Waals surface area (Å²) in [6.07, 6.45) is 2.00. The van der Waals surface area contributed by atoms with Crippen LogP contribution < -0.4 is 15.2 Å². The van der Waals surface area contributed by atoms with E-state index in [0.717, 1.165) is 43.1 Å². The fraction of sp³-hybridized carbons (Fsp3) is 0.571. The third kappa shape index (κ3) is 2.76. The summed E-state index contributed by atoms with van der Waals surface area (Å²) in [4.78, 5) is 0. The molecule has 1 saturated heterocycles. The van der Waals surface area contributed by atoms with Crippen molar-refractivity contribution >= 4 is 0 Å². The van der Waals surface area contributed by atoms with Gasteiger partial charge in [-0.05, 0) is 37.0 Å². The van der Waals surface area contributed by atoms with Crippen molar-refractivity contribution in [3.05, 3.63) is 23.8 Å². The van der Waals surface area contributed by atoms with Crippen LogP contribution in [0.25, 0.3) is 0 Å². The molecule has 1 unspecified atom stereocenters. The fourth-order valence-electron chi connectivity index (χ4n) is 2.43. The molecule has 1 atom stereocenters. The van der Waals surface area contributed by atoms with E-state index < -0.39 is 0 Å². The van der Waals surface area contributed by atoms with Crippen LogP contribution in [0.15, 0.2) is 18.2 Å². The fourth-order valence-corrected chi connectivity index (χ4v) is 2.43. The SMILES string of the molecule is COc1ccc(OC)c(C(N)C2CCOCC2)c1. The van der Waals surface area contributed by atoms with Gasteiger partial charge in [-0.1, -0.05) is 0 Å². The van der Waals surface area contributed by atoms with Gasteiger partial charge < -0.3 is 19.9 Å². The maximum atomic E-state index is 6.38. The van der Waals surface area contributed by atoms with Gasteiger partial charge in [-0.25, -0.2) is 0 Å². The summed E-state index contributed by atoms with van der Waals surface area (Å²) in [6.45, 7) is 1.59. The van der Waals surface area contributed by atoms with Crippen molar-refractivity contribution in [2.75, 3.05) is 27.4 Å². The Balaban J connectivity index is 2.23. The molecule has 1 aromatic rings. The normalized spacial score (nSPS) is 18.4. The molecule has 0 aliphatic carbocycles. The Labute approximate surface area is 108 Å². The zero-order valence-electron chi connectivity index (χ0n) is 11.0. The van der Waals surface area contributed by atoms with E-state index in [2.05, 4.69) is 0 Å². The summed E-state index contributed by atoms with van der Waals surface area (Å²) >= 11 is 0. The molecule has 1 aliphatic heterocycles. The predicted octanol–water partition coefficient (Wildman–Crippen LogP) is 2.13. The Morgan fingerprint density at radius 1 is 1.22 bits per heavy atom. The molecule has 1 heterocycles. The van der Waals surface area contributed by atoms with Crippen LogP contribution in [0.5, 0.6) is 11.5 Å². The van der Waals surface area contributed by atoms with E-state index in [4.69, 9.17) is 19.9 Å². The van der Waals surface area contributed by atoms with Gasteiger partial charge in [0.25, 0.3) is 0 Å². The number of benzene rings is 1. The van der Waals surface area contributed by atoms with Gasteiger partial charge in [0, 0.05) is 24.8 Å².